The summed E-state index contributed by atoms with van der Waals surface area (Å²) in [6.07, 6.45) is 4.04. The van der Waals surface area contributed by atoms with Crippen LogP contribution >= 0.6 is 0 Å². The zero-order chi connectivity index (χ0) is 12.9. The Balaban J connectivity index is 1.96. The molecule has 1 nitrogen and oxygen atoms in total. The average molecular weight is 251 g/mol. The van der Waals surface area contributed by atoms with Gasteiger partial charge in [0, 0.05) is 24.0 Å². The van der Waals surface area contributed by atoms with Crippen molar-refractivity contribution in [3.8, 4) is 0 Å². The lowest BCUT2D eigenvalue weighted by Gasteiger charge is -2.26. The van der Waals surface area contributed by atoms with Crippen LogP contribution < -0.4 is 4.90 Å². The van der Waals surface area contributed by atoms with Crippen LogP contribution in [0.2, 0.25) is 0 Å². The van der Waals surface area contributed by atoms with Gasteiger partial charge in [-0.1, -0.05) is 60.7 Å². The lowest BCUT2D eigenvalue weighted by Crippen LogP contribution is -2.39. The Morgan fingerprint density at radius 2 is 1.11 bits per heavy atom. The van der Waals surface area contributed by atoms with E-state index in [9.17, 15) is 0 Å². The SMILES string of the molecule is c1ccc(C(c2ccccc2)[N+]2CCCCC2)cc1. The monoisotopic (exact) mass is 251 g/mol. The summed E-state index contributed by atoms with van der Waals surface area (Å²) in [5, 5.41) is 0. The maximum atomic E-state index is 2.63. The van der Waals surface area contributed by atoms with E-state index in [1.807, 2.05) is 0 Å². The molecule has 2 aromatic carbocycles. The highest BCUT2D eigenvalue weighted by Gasteiger charge is 2.32. The minimum Gasteiger partial charge on any atom is -0.159 e. The van der Waals surface area contributed by atoms with Crippen LogP contribution in [-0.2, 0) is 0 Å². The summed E-state index contributed by atoms with van der Waals surface area (Å²) in [7, 11) is 0. The van der Waals surface area contributed by atoms with Crippen LogP contribution in [0.1, 0.15) is 36.4 Å². The van der Waals surface area contributed by atoms with Gasteiger partial charge in [-0.05, 0) is 6.42 Å². The summed E-state index contributed by atoms with van der Waals surface area (Å²) in [6.45, 7) is 2.43. The van der Waals surface area contributed by atoms with E-state index in [0.717, 1.165) is 0 Å². The second-order valence-electron chi connectivity index (χ2n) is 5.32. The topological polar surface area (TPSA) is 5.90 Å². The van der Waals surface area contributed by atoms with Crippen molar-refractivity contribution in [1.29, 1.82) is 0 Å². The standard InChI is InChI=1S/C18H21N/c1-4-10-16(11-5-1)18(17-12-6-2-7-13-17)19-14-8-3-9-15-19/h1-2,4-7,10-13,18H,3,8-9,14-15H2/q+1. The van der Waals surface area contributed by atoms with Gasteiger partial charge in [0.1, 0.15) is 13.1 Å². The van der Waals surface area contributed by atoms with Gasteiger partial charge in [0.25, 0.3) is 0 Å². The third-order valence-electron chi connectivity index (χ3n) is 3.99. The van der Waals surface area contributed by atoms with Gasteiger partial charge in [0.05, 0.1) is 0 Å². The lowest BCUT2D eigenvalue weighted by molar-refractivity contribution is 0.301. The van der Waals surface area contributed by atoms with Crippen LogP contribution in [0.4, 0.5) is 0 Å². The smallest absolute Gasteiger partial charge is 0.159 e. The quantitative estimate of drug-likeness (QED) is 0.724. The van der Waals surface area contributed by atoms with E-state index >= 15 is 0 Å². The van der Waals surface area contributed by atoms with Crippen molar-refractivity contribution in [2.75, 3.05) is 13.1 Å². The van der Waals surface area contributed by atoms with E-state index in [1.54, 1.807) is 0 Å². The molecule has 0 bridgehead atoms. The molecule has 0 spiro atoms. The Bertz CT molecular complexity index is 446. The van der Waals surface area contributed by atoms with Crippen molar-refractivity contribution in [1.82, 2.24) is 4.90 Å². The van der Waals surface area contributed by atoms with Gasteiger partial charge in [0.2, 0.25) is 0 Å². The number of nitrogens with zero attached hydrogens (tertiary/aromatic N) is 1. The first-order valence-electron chi connectivity index (χ1n) is 7.29. The molecule has 1 aliphatic rings. The maximum absolute atomic E-state index is 2.63. The molecule has 1 heterocycles. The van der Waals surface area contributed by atoms with E-state index in [2.05, 4.69) is 65.6 Å². The minimum atomic E-state index is 0.419. The summed E-state index contributed by atoms with van der Waals surface area (Å²) in [5.41, 5.74) is 2.83. The van der Waals surface area contributed by atoms with Crippen LogP contribution in [0.25, 0.3) is 0 Å². The predicted octanol–water partition coefficient (Wildman–Crippen LogP) is 4.10. The highest BCUT2D eigenvalue weighted by atomic mass is 15.2. The molecule has 0 unspecified atom stereocenters. The molecular weight excluding hydrogens is 230 g/mol. The molecule has 0 N–H and O–H groups in total. The van der Waals surface area contributed by atoms with Gasteiger partial charge in [-0.3, -0.25) is 0 Å². The fourth-order valence-electron chi connectivity index (χ4n) is 3.06. The zero-order valence-corrected chi connectivity index (χ0v) is 11.3. The van der Waals surface area contributed by atoms with E-state index in [0.29, 0.717) is 6.04 Å². The number of hydrogen-bond acceptors (Lipinski definition) is 1. The maximum Gasteiger partial charge on any atom is 0.183 e. The van der Waals surface area contributed by atoms with E-state index in [1.165, 1.54) is 43.5 Å². The molecule has 0 amide bonds. The Hall–Kier alpha value is -1.60. The van der Waals surface area contributed by atoms with Crippen LogP contribution in [-0.4, -0.2) is 13.1 Å². The normalized spacial score (nSPS) is 16.7. The van der Waals surface area contributed by atoms with Crippen molar-refractivity contribution >= 4 is 0 Å². The van der Waals surface area contributed by atoms with Crippen LogP contribution in [0.3, 0.4) is 0 Å². The predicted molar refractivity (Wildman–Crippen MR) is 80.4 cm³/mol. The fourth-order valence-corrected chi connectivity index (χ4v) is 3.06. The van der Waals surface area contributed by atoms with Gasteiger partial charge in [-0.15, -0.1) is 0 Å². The summed E-state index contributed by atoms with van der Waals surface area (Å²) in [6, 6.07) is 22.2. The summed E-state index contributed by atoms with van der Waals surface area (Å²) >= 11 is 0. The van der Waals surface area contributed by atoms with Crippen LogP contribution in [0, 0.1) is 0 Å². The number of likely N-dealkylation sites (tertiary alicyclic amines) is 1. The Morgan fingerprint density at radius 3 is 1.58 bits per heavy atom. The van der Waals surface area contributed by atoms with Gasteiger partial charge >= 0.3 is 0 Å². The second kappa shape index (κ2) is 6.03. The molecule has 1 fully saturated rings. The number of piperidine rings is 1. The van der Waals surface area contributed by atoms with Gasteiger partial charge in [-0.2, -0.15) is 4.90 Å². The molecule has 0 aliphatic carbocycles. The molecule has 1 aliphatic heterocycles. The number of rotatable bonds is 3. The zero-order valence-electron chi connectivity index (χ0n) is 11.3. The molecule has 97 valence electrons. The molecule has 1 heteroatoms. The molecule has 1 saturated heterocycles. The first kappa shape index (κ1) is 12.4. The van der Waals surface area contributed by atoms with Crippen molar-refractivity contribution in [3.63, 3.8) is 0 Å². The first-order valence-corrected chi connectivity index (χ1v) is 7.29. The summed E-state index contributed by atoms with van der Waals surface area (Å²) in [4.78, 5) is 2.63. The number of benzene rings is 2. The molecule has 1 radical (unpaired) electrons. The largest absolute Gasteiger partial charge is 0.183 e. The van der Waals surface area contributed by atoms with Crippen molar-refractivity contribution in [2.45, 2.75) is 25.3 Å². The molecule has 0 saturated carbocycles. The lowest BCUT2D eigenvalue weighted by atomic mass is 9.95. The molecular formula is C18H21N+. The summed E-state index contributed by atoms with van der Waals surface area (Å²) in [5.74, 6) is 0. The minimum absolute atomic E-state index is 0.419. The molecule has 3 rings (SSSR count). The van der Waals surface area contributed by atoms with E-state index < -0.39 is 0 Å². The average Bonchev–Trinajstić information content (AvgIpc) is 2.51. The van der Waals surface area contributed by atoms with Crippen molar-refractivity contribution < 1.29 is 0 Å². The fraction of sp³-hybridized carbons (Fsp3) is 0.333. The van der Waals surface area contributed by atoms with E-state index in [4.69, 9.17) is 0 Å². The third-order valence-corrected chi connectivity index (χ3v) is 3.99. The highest BCUT2D eigenvalue weighted by molar-refractivity contribution is 5.32. The molecule has 19 heavy (non-hydrogen) atoms. The Morgan fingerprint density at radius 1 is 0.632 bits per heavy atom. The van der Waals surface area contributed by atoms with Crippen molar-refractivity contribution in [2.24, 2.45) is 0 Å². The van der Waals surface area contributed by atoms with E-state index in [-0.39, 0.29) is 0 Å². The Kier molecular flexibility index (Phi) is 3.95. The van der Waals surface area contributed by atoms with Crippen LogP contribution in [0.15, 0.2) is 60.7 Å². The first-order chi connectivity index (χ1) is 9.45. The van der Waals surface area contributed by atoms with Gasteiger partial charge in [-0.25, -0.2) is 0 Å². The van der Waals surface area contributed by atoms with Gasteiger partial charge in [0.15, 0.2) is 6.04 Å². The third kappa shape index (κ3) is 2.87. The second-order valence-corrected chi connectivity index (χ2v) is 5.32. The summed E-state index contributed by atoms with van der Waals surface area (Å²) < 4.78 is 0. The number of hydrogen-bond donors (Lipinski definition) is 0. The molecule has 2 aromatic rings. The Labute approximate surface area is 115 Å². The molecule has 0 aromatic heterocycles. The highest BCUT2D eigenvalue weighted by Crippen LogP contribution is 2.28. The molecule has 0 atom stereocenters. The van der Waals surface area contributed by atoms with Crippen LogP contribution in [0.5, 0.6) is 0 Å². The van der Waals surface area contributed by atoms with Gasteiger partial charge < -0.3 is 0 Å². The van der Waals surface area contributed by atoms with Crippen molar-refractivity contribution in [3.05, 3.63) is 71.8 Å².